The van der Waals surface area contributed by atoms with Crippen LogP contribution in [0.15, 0.2) is 12.2 Å². The third-order valence-corrected chi connectivity index (χ3v) is 1.76. The summed E-state index contributed by atoms with van der Waals surface area (Å²) in [5.74, 6) is 0.0503. The normalized spacial score (nSPS) is 20.0. The average molecular weight is 154 g/mol. The van der Waals surface area contributed by atoms with E-state index in [0.717, 1.165) is 19.5 Å². The third kappa shape index (κ3) is 2.05. The van der Waals surface area contributed by atoms with Gasteiger partial charge in [-0.3, -0.25) is 4.79 Å². The van der Waals surface area contributed by atoms with Crippen LogP contribution in [-0.2, 0) is 4.79 Å². The Bertz CT molecular complexity index is 175. The summed E-state index contributed by atoms with van der Waals surface area (Å²) in [6, 6.07) is -0.360. The largest absolute Gasteiger partial charge is 0.337 e. The van der Waals surface area contributed by atoms with E-state index in [1.54, 1.807) is 11.8 Å². The maximum absolute atomic E-state index is 11.3. The van der Waals surface area contributed by atoms with Crippen molar-refractivity contribution in [1.29, 1.82) is 0 Å². The number of hydrogen-bond donors (Lipinski definition) is 1. The summed E-state index contributed by atoms with van der Waals surface area (Å²) in [7, 11) is 0. The predicted molar refractivity (Wildman–Crippen MR) is 44.0 cm³/mol. The van der Waals surface area contributed by atoms with Gasteiger partial charge in [0.25, 0.3) is 0 Å². The number of rotatable bonds is 1. The van der Waals surface area contributed by atoms with Crippen molar-refractivity contribution in [1.82, 2.24) is 4.90 Å². The quantitative estimate of drug-likeness (QED) is 0.545. The highest BCUT2D eigenvalue weighted by Crippen LogP contribution is 2.02. The van der Waals surface area contributed by atoms with Crippen LogP contribution >= 0.6 is 0 Å². The van der Waals surface area contributed by atoms with E-state index in [1.807, 2.05) is 6.08 Å². The molecule has 1 heterocycles. The van der Waals surface area contributed by atoms with E-state index in [2.05, 4.69) is 6.08 Å². The summed E-state index contributed by atoms with van der Waals surface area (Å²) in [6.45, 7) is 3.26. The molecule has 0 aromatic heterocycles. The van der Waals surface area contributed by atoms with E-state index in [1.165, 1.54) is 0 Å². The molecule has 0 saturated heterocycles. The molecule has 0 fully saturated rings. The molecule has 11 heavy (non-hydrogen) atoms. The van der Waals surface area contributed by atoms with Gasteiger partial charge in [0, 0.05) is 13.1 Å². The van der Waals surface area contributed by atoms with Crippen molar-refractivity contribution in [2.45, 2.75) is 19.4 Å². The Hall–Kier alpha value is -0.830. The van der Waals surface area contributed by atoms with E-state index in [9.17, 15) is 4.79 Å². The highest BCUT2D eigenvalue weighted by atomic mass is 16.2. The number of carbonyl (C=O) groups excluding carboxylic acids is 1. The number of hydrogen-bond acceptors (Lipinski definition) is 2. The van der Waals surface area contributed by atoms with Crippen LogP contribution in [0.1, 0.15) is 13.3 Å². The van der Waals surface area contributed by atoms with Crippen molar-refractivity contribution in [3.63, 3.8) is 0 Å². The molecular weight excluding hydrogens is 140 g/mol. The lowest BCUT2D eigenvalue weighted by molar-refractivity contribution is -0.131. The molecule has 0 unspecified atom stereocenters. The van der Waals surface area contributed by atoms with Crippen LogP contribution in [0.2, 0.25) is 0 Å². The van der Waals surface area contributed by atoms with E-state index in [-0.39, 0.29) is 11.9 Å². The number of carbonyl (C=O) groups is 1. The molecule has 0 aromatic rings. The van der Waals surface area contributed by atoms with E-state index in [0.29, 0.717) is 0 Å². The van der Waals surface area contributed by atoms with Gasteiger partial charge in [0.15, 0.2) is 0 Å². The van der Waals surface area contributed by atoms with Gasteiger partial charge in [0.2, 0.25) is 5.91 Å². The minimum absolute atomic E-state index is 0.0503. The number of nitrogens with two attached hydrogens (primary N) is 1. The Kier molecular flexibility index (Phi) is 2.65. The molecule has 0 spiro atoms. The Morgan fingerprint density at radius 1 is 1.64 bits per heavy atom. The molecule has 1 rings (SSSR count). The van der Waals surface area contributed by atoms with Crippen molar-refractivity contribution in [3.8, 4) is 0 Å². The van der Waals surface area contributed by atoms with Gasteiger partial charge in [-0.2, -0.15) is 0 Å². The van der Waals surface area contributed by atoms with Crippen molar-refractivity contribution >= 4 is 5.91 Å². The highest BCUT2D eigenvalue weighted by molar-refractivity contribution is 5.81. The molecule has 0 bridgehead atoms. The van der Waals surface area contributed by atoms with Gasteiger partial charge in [-0.15, -0.1) is 0 Å². The lowest BCUT2D eigenvalue weighted by Crippen LogP contribution is -2.43. The Balaban J connectivity index is 2.47. The van der Waals surface area contributed by atoms with E-state index >= 15 is 0 Å². The van der Waals surface area contributed by atoms with Crippen LogP contribution in [-0.4, -0.2) is 29.9 Å². The lowest BCUT2D eigenvalue weighted by atomic mass is 10.2. The minimum atomic E-state index is -0.360. The molecular formula is C8H14N2O. The van der Waals surface area contributed by atoms with E-state index in [4.69, 9.17) is 5.73 Å². The molecule has 1 atom stereocenters. The maximum atomic E-state index is 11.3. The first-order valence-corrected chi connectivity index (χ1v) is 3.91. The van der Waals surface area contributed by atoms with Crippen LogP contribution in [0.25, 0.3) is 0 Å². The summed E-state index contributed by atoms with van der Waals surface area (Å²) < 4.78 is 0. The molecule has 0 aromatic carbocycles. The lowest BCUT2D eigenvalue weighted by Gasteiger charge is -2.24. The van der Waals surface area contributed by atoms with Gasteiger partial charge in [0.1, 0.15) is 0 Å². The molecule has 1 aliphatic rings. The molecule has 1 amide bonds. The van der Waals surface area contributed by atoms with Crippen molar-refractivity contribution in [2.75, 3.05) is 13.1 Å². The first kappa shape index (κ1) is 8.27. The van der Waals surface area contributed by atoms with Gasteiger partial charge >= 0.3 is 0 Å². The zero-order valence-electron chi connectivity index (χ0n) is 6.79. The van der Waals surface area contributed by atoms with Crippen LogP contribution in [0.3, 0.4) is 0 Å². The van der Waals surface area contributed by atoms with Gasteiger partial charge < -0.3 is 10.6 Å². The zero-order valence-corrected chi connectivity index (χ0v) is 6.79. The predicted octanol–water partition coefficient (Wildman–Crippen LogP) is 0.122. The first-order chi connectivity index (χ1) is 5.22. The molecule has 0 radical (unpaired) electrons. The number of nitrogens with zero attached hydrogens (tertiary/aromatic N) is 1. The molecule has 2 N–H and O–H groups in total. The van der Waals surface area contributed by atoms with Crippen molar-refractivity contribution in [3.05, 3.63) is 12.2 Å². The molecule has 3 heteroatoms. The fourth-order valence-electron chi connectivity index (χ4n) is 1.13. The third-order valence-electron chi connectivity index (χ3n) is 1.76. The fourth-order valence-corrected chi connectivity index (χ4v) is 1.13. The van der Waals surface area contributed by atoms with Gasteiger partial charge in [0.05, 0.1) is 6.04 Å². The molecule has 1 aliphatic heterocycles. The van der Waals surface area contributed by atoms with Gasteiger partial charge in [-0.1, -0.05) is 12.2 Å². The summed E-state index contributed by atoms with van der Waals surface area (Å²) in [5.41, 5.74) is 5.45. The summed E-state index contributed by atoms with van der Waals surface area (Å²) in [4.78, 5) is 13.0. The Labute approximate surface area is 66.9 Å². The average Bonchev–Trinajstić information content (AvgIpc) is 2.05. The first-order valence-electron chi connectivity index (χ1n) is 3.91. The second-order valence-corrected chi connectivity index (χ2v) is 2.83. The molecule has 0 aliphatic carbocycles. The standard InChI is InChI=1S/C8H14N2O/c1-7(9)8(11)10-5-3-2-4-6-10/h2-3,7H,4-6,9H2,1H3/t7-/m1/s1. The zero-order chi connectivity index (χ0) is 8.27. The monoisotopic (exact) mass is 154 g/mol. The fraction of sp³-hybridized carbons (Fsp3) is 0.625. The van der Waals surface area contributed by atoms with Crippen LogP contribution in [0, 0.1) is 0 Å². The molecule has 3 nitrogen and oxygen atoms in total. The number of amides is 1. The molecule has 62 valence electrons. The summed E-state index contributed by atoms with van der Waals surface area (Å²) in [6.07, 6.45) is 5.05. The second kappa shape index (κ2) is 3.53. The van der Waals surface area contributed by atoms with E-state index < -0.39 is 0 Å². The second-order valence-electron chi connectivity index (χ2n) is 2.83. The van der Waals surface area contributed by atoms with Gasteiger partial charge in [-0.05, 0) is 13.3 Å². The van der Waals surface area contributed by atoms with Gasteiger partial charge in [-0.25, -0.2) is 0 Å². The van der Waals surface area contributed by atoms with Crippen LogP contribution in [0.4, 0.5) is 0 Å². The van der Waals surface area contributed by atoms with Crippen molar-refractivity contribution < 1.29 is 4.79 Å². The Morgan fingerprint density at radius 3 is 2.82 bits per heavy atom. The topological polar surface area (TPSA) is 46.3 Å². The van der Waals surface area contributed by atoms with Crippen LogP contribution < -0.4 is 5.73 Å². The smallest absolute Gasteiger partial charge is 0.239 e. The van der Waals surface area contributed by atoms with Crippen LogP contribution in [0.5, 0.6) is 0 Å². The van der Waals surface area contributed by atoms with Crippen molar-refractivity contribution in [2.24, 2.45) is 5.73 Å². The maximum Gasteiger partial charge on any atom is 0.239 e. The highest BCUT2D eigenvalue weighted by Gasteiger charge is 2.16. The summed E-state index contributed by atoms with van der Waals surface area (Å²) in [5, 5.41) is 0. The molecule has 0 saturated carbocycles. The summed E-state index contributed by atoms with van der Waals surface area (Å²) >= 11 is 0. The Morgan fingerprint density at radius 2 is 2.36 bits per heavy atom. The minimum Gasteiger partial charge on any atom is -0.337 e. The SMILES string of the molecule is C[C@@H](N)C(=O)N1CC=CCC1.